The molecule has 0 atom stereocenters. The van der Waals surface area contributed by atoms with Gasteiger partial charge in [0.15, 0.2) is 11.6 Å². The highest BCUT2D eigenvalue weighted by molar-refractivity contribution is 7.26. The summed E-state index contributed by atoms with van der Waals surface area (Å²) >= 11 is 1.18. The SMILES string of the molecule is CCc1ccc2cc3c(sc4c(F)c(OCC5CC5)ccc43)c(F)c2c1. The first-order valence-corrected chi connectivity index (χ1v) is 9.86. The van der Waals surface area contributed by atoms with Crippen molar-refractivity contribution in [2.24, 2.45) is 5.92 Å². The Bertz CT molecular complexity index is 1160. The Morgan fingerprint density at radius 3 is 2.54 bits per heavy atom. The summed E-state index contributed by atoms with van der Waals surface area (Å²) in [6, 6.07) is 11.4. The van der Waals surface area contributed by atoms with Crippen LogP contribution >= 0.6 is 11.3 Å². The molecule has 1 aliphatic rings. The minimum absolute atomic E-state index is 0.256. The van der Waals surface area contributed by atoms with Crippen molar-refractivity contribution in [1.29, 1.82) is 0 Å². The zero-order valence-corrected chi connectivity index (χ0v) is 15.3. The van der Waals surface area contributed by atoms with Gasteiger partial charge >= 0.3 is 0 Å². The summed E-state index contributed by atoms with van der Waals surface area (Å²) in [5.74, 6) is 0.202. The summed E-state index contributed by atoms with van der Waals surface area (Å²) in [7, 11) is 0. The monoisotopic (exact) mass is 368 g/mol. The highest BCUT2D eigenvalue weighted by Gasteiger charge is 2.23. The summed E-state index contributed by atoms with van der Waals surface area (Å²) < 4.78 is 36.7. The predicted octanol–water partition coefficient (Wildman–Crippen LogP) is 6.84. The molecule has 1 saturated carbocycles. The zero-order valence-electron chi connectivity index (χ0n) is 14.4. The van der Waals surface area contributed by atoms with Crippen molar-refractivity contribution in [3.8, 4) is 5.75 Å². The Hall–Kier alpha value is -2.20. The van der Waals surface area contributed by atoms with E-state index in [4.69, 9.17) is 4.74 Å². The minimum Gasteiger partial charge on any atom is -0.490 e. The van der Waals surface area contributed by atoms with E-state index in [0.717, 1.165) is 41.0 Å². The molecule has 0 N–H and O–H groups in total. The van der Waals surface area contributed by atoms with Crippen LogP contribution in [0.15, 0.2) is 36.4 Å². The number of thiophene rings is 1. The van der Waals surface area contributed by atoms with Crippen molar-refractivity contribution in [2.75, 3.05) is 6.61 Å². The van der Waals surface area contributed by atoms with Gasteiger partial charge in [-0.2, -0.15) is 0 Å². The summed E-state index contributed by atoms with van der Waals surface area (Å²) in [6.07, 6.45) is 3.17. The molecule has 0 saturated heterocycles. The molecule has 0 aliphatic heterocycles. The van der Waals surface area contributed by atoms with E-state index in [1.807, 2.05) is 30.3 Å². The number of hydrogen-bond acceptors (Lipinski definition) is 2. The quantitative estimate of drug-likeness (QED) is 0.383. The second kappa shape index (κ2) is 5.92. The largest absolute Gasteiger partial charge is 0.490 e. The molecule has 3 aromatic carbocycles. The lowest BCUT2D eigenvalue weighted by Crippen LogP contribution is -2.00. The molecule has 0 amide bonds. The molecule has 1 fully saturated rings. The lowest BCUT2D eigenvalue weighted by atomic mass is 10.0. The minimum atomic E-state index is -0.373. The van der Waals surface area contributed by atoms with Gasteiger partial charge in [-0.3, -0.25) is 0 Å². The first-order chi connectivity index (χ1) is 12.7. The Kier molecular flexibility index (Phi) is 3.64. The summed E-state index contributed by atoms with van der Waals surface area (Å²) in [4.78, 5) is 0. The maximum Gasteiger partial charge on any atom is 0.182 e. The summed E-state index contributed by atoms with van der Waals surface area (Å²) in [5.41, 5.74) is 1.10. The van der Waals surface area contributed by atoms with Crippen LogP contribution in [0.2, 0.25) is 0 Å². The van der Waals surface area contributed by atoms with Crippen LogP contribution in [0.3, 0.4) is 0 Å². The van der Waals surface area contributed by atoms with Gasteiger partial charge in [0.05, 0.1) is 16.0 Å². The molecule has 0 radical (unpaired) electrons. The van der Waals surface area contributed by atoms with Crippen molar-refractivity contribution in [3.05, 3.63) is 53.6 Å². The predicted molar refractivity (Wildman–Crippen MR) is 104 cm³/mol. The Balaban J connectivity index is 1.72. The third kappa shape index (κ3) is 2.47. The molecule has 1 nitrogen and oxygen atoms in total. The number of rotatable bonds is 4. The van der Waals surface area contributed by atoms with Gasteiger partial charge < -0.3 is 4.74 Å². The molecular weight excluding hydrogens is 350 g/mol. The Morgan fingerprint density at radius 1 is 0.962 bits per heavy atom. The van der Waals surface area contributed by atoms with Crippen molar-refractivity contribution < 1.29 is 13.5 Å². The van der Waals surface area contributed by atoms with Crippen LogP contribution in [0.5, 0.6) is 5.75 Å². The van der Waals surface area contributed by atoms with Gasteiger partial charge in [0, 0.05) is 16.2 Å². The van der Waals surface area contributed by atoms with Gasteiger partial charge in [-0.05, 0) is 60.4 Å². The van der Waals surface area contributed by atoms with Gasteiger partial charge in [0.25, 0.3) is 0 Å². The molecule has 1 heterocycles. The van der Waals surface area contributed by atoms with Crippen LogP contribution in [0.1, 0.15) is 25.3 Å². The highest BCUT2D eigenvalue weighted by Crippen LogP contribution is 2.42. The fraction of sp³-hybridized carbons (Fsp3) is 0.273. The van der Waals surface area contributed by atoms with Gasteiger partial charge in [-0.15, -0.1) is 11.3 Å². The number of halogens is 2. The van der Waals surface area contributed by atoms with Crippen LogP contribution in [-0.2, 0) is 6.42 Å². The molecule has 1 aromatic heterocycles. The van der Waals surface area contributed by atoms with Crippen molar-refractivity contribution in [2.45, 2.75) is 26.2 Å². The molecule has 4 aromatic rings. The van der Waals surface area contributed by atoms with Gasteiger partial charge in [0.2, 0.25) is 0 Å². The normalized spacial score (nSPS) is 14.6. The van der Waals surface area contributed by atoms with Gasteiger partial charge in [-0.25, -0.2) is 8.78 Å². The molecule has 26 heavy (non-hydrogen) atoms. The lowest BCUT2D eigenvalue weighted by Gasteiger charge is -2.06. The smallest absolute Gasteiger partial charge is 0.182 e. The van der Waals surface area contributed by atoms with Gasteiger partial charge in [-0.1, -0.05) is 19.1 Å². The lowest BCUT2D eigenvalue weighted by molar-refractivity contribution is 0.286. The van der Waals surface area contributed by atoms with Crippen LogP contribution < -0.4 is 4.74 Å². The molecule has 0 unspecified atom stereocenters. The maximum atomic E-state index is 15.2. The number of aryl methyl sites for hydroxylation is 1. The standard InChI is InChI=1S/C22H18F2OS/c1-2-12-5-6-14-10-17-15-7-8-18(25-11-13-3-4-13)20(24)21(15)26-22(17)19(23)16(14)9-12/h5-10,13H,2-4,11H2,1H3. The van der Waals surface area contributed by atoms with E-state index in [1.54, 1.807) is 6.07 Å². The summed E-state index contributed by atoms with van der Waals surface area (Å²) in [5, 5.41) is 2.98. The van der Waals surface area contributed by atoms with Crippen molar-refractivity contribution >= 4 is 42.3 Å². The van der Waals surface area contributed by atoms with E-state index in [9.17, 15) is 4.39 Å². The van der Waals surface area contributed by atoms with E-state index in [1.165, 1.54) is 11.3 Å². The van der Waals surface area contributed by atoms with Crippen molar-refractivity contribution in [3.63, 3.8) is 0 Å². The first-order valence-electron chi connectivity index (χ1n) is 9.04. The third-order valence-corrected chi connectivity index (χ3v) is 6.44. The maximum absolute atomic E-state index is 15.2. The molecule has 1 aliphatic carbocycles. The van der Waals surface area contributed by atoms with Gasteiger partial charge in [0.1, 0.15) is 5.82 Å². The molecule has 0 spiro atoms. The number of ether oxygens (including phenoxy) is 1. The summed E-state index contributed by atoms with van der Waals surface area (Å²) in [6.45, 7) is 2.61. The van der Waals surface area contributed by atoms with Crippen molar-refractivity contribution in [1.82, 2.24) is 0 Å². The fourth-order valence-corrected chi connectivity index (χ4v) is 4.62. The van der Waals surface area contributed by atoms with Crippen LogP contribution in [0.25, 0.3) is 30.9 Å². The molecule has 4 heteroatoms. The first kappa shape index (κ1) is 16.0. The number of hydrogen-bond donors (Lipinski definition) is 0. The number of benzene rings is 3. The van der Waals surface area contributed by atoms with E-state index in [-0.39, 0.29) is 17.4 Å². The Labute approximate surface area is 154 Å². The van der Waals surface area contributed by atoms with E-state index in [0.29, 0.717) is 27.3 Å². The van der Waals surface area contributed by atoms with E-state index < -0.39 is 0 Å². The second-order valence-electron chi connectivity index (χ2n) is 7.09. The van der Waals surface area contributed by atoms with E-state index >= 15 is 4.39 Å². The van der Waals surface area contributed by atoms with E-state index in [2.05, 4.69) is 6.92 Å². The topological polar surface area (TPSA) is 9.23 Å². The molecule has 132 valence electrons. The zero-order chi connectivity index (χ0) is 17.8. The molecular formula is C22H18F2OS. The Morgan fingerprint density at radius 2 is 1.77 bits per heavy atom. The molecule has 5 rings (SSSR count). The average molecular weight is 368 g/mol. The average Bonchev–Trinajstić information content (AvgIpc) is 3.41. The molecule has 0 bridgehead atoms. The number of fused-ring (bicyclic) bond motifs is 4. The fourth-order valence-electron chi connectivity index (χ4n) is 3.46. The van der Waals surface area contributed by atoms with Crippen LogP contribution in [0.4, 0.5) is 8.78 Å². The van der Waals surface area contributed by atoms with Crippen LogP contribution in [0, 0.1) is 17.6 Å². The second-order valence-corrected chi connectivity index (χ2v) is 8.11. The van der Waals surface area contributed by atoms with Crippen LogP contribution in [-0.4, -0.2) is 6.61 Å². The highest BCUT2D eigenvalue weighted by atomic mass is 32.1. The third-order valence-electron chi connectivity index (χ3n) is 5.23.